The van der Waals surface area contributed by atoms with Crippen molar-refractivity contribution in [1.29, 1.82) is 0 Å². The van der Waals surface area contributed by atoms with Crippen LogP contribution in [-0.4, -0.2) is 21.0 Å². The number of rotatable bonds is 3. The minimum absolute atomic E-state index is 0.0693. The van der Waals surface area contributed by atoms with Crippen LogP contribution in [0.3, 0.4) is 0 Å². The number of aromatic nitrogens is 1. The van der Waals surface area contributed by atoms with Crippen LogP contribution in [0.4, 0.5) is 0 Å². The lowest BCUT2D eigenvalue weighted by Crippen LogP contribution is -2.09. The number of nitrogens with one attached hydrogen (secondary N) is 1. The van der Waals surface area contributed by atoms with Crippen molar-refractivity contribution in [2.45, 2.75) is 6.92 Å². The molecule has 0 bridgehead atoms. The Kier molecular flexibility index (Phi) is 4.45. The van der Waals surface area contributed by atoms with Gasteiger partial charge in [-0.05, 0) is 48.4 Å². The molecule has 4 aromatic rings. The zero-order valence-corrected chi connectivity index (χ0v) is 16.2. The molecule has 2 aromatic carbocycles. The van der Waals surface area contributed by atoms with Gasteiger partial charge >= 0.3 is 0 Å². The summed E-state index contributed by atoms with van der Waals surface area (Å²) in [5.41, 5.74) is 1.51. The Morgan fingerprint density at radius 3 is 2.50 bits per heavy atom. The van der Waals surface area contributed by atoms with Gasteiger partial charge in [-0.1, -0.05) is 29.8 Å². The molecule has 2 aromatic heterocycles. The van der Waals surface area contributed by atoms with Crippen molar-refractivity contribution in [3.63, 3.8) is 0 Å². The van der Waals surface area contributed by atoms with E-state index in [0.29, 0.717) is 36.8 Å². The zero-order valence-electron chi connectivity index (χ0n) is 14.6. The lowest BCUT2D eigenvalue weighted by molar-refractivity contribution is 0.103. The van der Waals surface area contributed by atoms with Crippen molar-refractivity contribution in [3.8, 4) is 22.6 Å². The minimum Gasteiger partial charge on any atom is -0.508 e. The Labute approximate surface area is 168 Å². The summed E-state index contributed by atoms with van der Waals surface area (Å²) in [6, 6.07) is 12.4. The Morgan fingerprint density at radius 2 is 1.79 bits per heavy atom. The van der Waals surface area contributed by atoms with Crippen molar-refractivity contribution in [2.75, 3.05) is 0 Å². The number of aromatic amines is 1. The average Bonchev–Trinajstić information content (AvgIpc) is 2.96. The molecule has 4 rings (SSSR count). The van der Waals surface area contributed by atoms with Crippen LogP contribution in [0.25, 0.3) is 21.3 Å². The maximum Gasteiger partial charge on any atom is 0.260 e. The topological polar surface area (TPSA) is 90.4 Å². The highest BCUT2D eigenvalue weighted by Gasteiger charge is 2.20. The number of aryl methyl sites for hydroxylation is 1. The smallest absolute Gasteiger partial charge is 0.260 e. The number of H-pyrrole nitrogens is 1. The molecule has 0 unspecified atom stereocenters. The number of hydrogen-bond acceptors (Lipinski definition) is 5. The van der Waals surface area contributed by atoms with Crippen molar-refractivity contribution in [2.24, 2.45) is 0 Å². The zero-order chi connectivity index (χ0) is 20.0. The molecular formula is C21H14ClNO4S. The molecule has 0 amide bonds. The van der Waals surface area contributed by atoms with Gasteiger partial charge in [-0.3, -0.25) is 9.59 Å². The van der Waals surface area contributed by atoms with Crippen LogP contribution in [0.2, 0.25) is 4.34 Å². The second-order valence-corrected chi connectivity index (χ2v) is 7.96. The van der Waals surface area contributed by atoms with E-state index in [2.05, 4.69) is 4.98 Å². The van der Waals surface area contributed by atoms with E-state index in [1.807, 2.05) is 0 Å². The number of pyridine rings is 1. The Hall–Kier alpha value is -3.09. The van der Waals surface area contributed by atoms with Gasteiger partial charge in [-0.2, -0.15) is 0 Å². The molecule has 2 heterocycles. The number of aromatic hydroxyl groups is 2. The molecule has 0 aliphatic carbocycles. The molecule has 0 saturated carbocycles. The number of hydrogen-bond donors (Lipinski definition) is 3. The van der Waals surface area contributed by atoms with Gasteiger partial charge in [0, 0.05) is 11.1 Å². The number of benzene rings is 2. The minimum atomic E-state index is -0.461. The van der Waals surface area contributed by atoms with Crippen LogP contribution < -0.4 is 5.56 Å². The van der Waals surface area contributed by atoms with E-state index in [0.717, 1.165) is 0 Å². The first kappa shape index (κ1) is 18.3. The van der Waals surface area contributed by atoms with E-state index < -0.39 is 5.56 Å². The van der Waals surface area contributed by atoms with E-state index in [9.17, 15) is 19.8 Å². The molecule has 140 valence electrons. The number of ketones is 1. The maximum atomic E-state index is 12.7. The normalized spacial score (nSPS) is 11.1. The molecule has 0 atom stereocenters. The maximum absolute atomic E-state index is 12.7. The molecule has 0 saturated heterocycles. The summed E-state index contributed by atoms with van der Waals surface area (Å²) >= 11 is 7.34. The number of halogens is 1. The SMILES string of the molecule is Cc1c(Cl)sc2[nH]c(=O)c(-c3cccc(C(=O)c4ccc(O)cc4)c3)c(O)c12. The average molecular weight is 412 g/mol. The third kappa shape index (κ3) is 2.96. The molecule has 0 aliphatic heterocycles. The fourth-order valence-electron chi connectivity index (χ4n) is 3.12. The van der Waals surface area contributed by atoms with E-state index in [1.54, 1.807) is 31.2 Å². The summed E-state index contributed by atoms with van der Waals surface area (Å²) in [6.45, 7) is 1.77. The standard InChI is InChI=1S/C21H14ClNO4S/c1-10-15-18(26)16(20(27)23-21(15)28-19(10)22)12-3-2-4-13(9-12)17(25)11-5-7-14(24)8-6-11/h2-9,24H,1H3,(H2,23,26,27). The predicted molar refractivity (Wildman–Crippen MR) is 111 cm³/mol. The van der Waals surface area contributed by atoms with Crippen LogP contribution in [0.15, 0.2) is 53.3 Å². The molecule has 28 heavy (non-hydrogen) atoms. The van der Waals surface area contributed by atoms with Gasteiger partial charge < -0.3 is 15.2 Å². The molecule has 0 fully saturated rings. The quantitative estimate of drug-likeness (QED) is 0.420. The first-order valence-electron chi connectivity index (χ1n) is 8.35. The van der Waals surface area contributed by atoms with Crippen LogP contribution in [0, 0.1) is 6.92 Å². The molecule has 3 N–H and O–H groups in total. The first-order valence-corrected chi connectivity index (χ1v) is 9.54. The molecular weight excluding hydrogens is 398 g/mol. The predicted octanol–water partition coefficient (Wildman–Crippen LogP) is 4.86. The first-order chi connectivity index (χ1) is 13.4. The lowest BCUT2D eigenvalue weighted by atomic mass is 9.97. The summed E-state index contributed by atoms with van der Waals surface area (Å²) in [4.78, 5) is 28.6. The van der Waals surface area contributed by atoms with Gasteiger partial charge in [-0.15, -0.1) is 11.3 Å². The van der Waals surface area contributed by atoms with Crippen LogP contribution in [-0.2, 0) is 0 Å². The van der Waals surface area contributed by atoms with Gasteiger partial charge in [0.15, 0.2) is 5.78 Å². The lowest BCUT2D eigenvalue weighted by Gasteiger charge is -2.08. The van der Waals surface area contributed by atoms with Crippen LogP contribution in [0.1, 0.15) is 21.5 Å². The Morgan fingerprint density at radius 1 is 1.07 bits per heavy atom. The second-order valence-electron chi connectivity index (χ2n) is 6.34. The highest BCUT2D eigenvalue weighted by molar-refractivity contribution is 7.22. The van der Waals surface area contributed by atoms with Crippen LogP contribution >= 0.6 is 22.9 Å². The third-order valence-corrected chi connectivity index (χ3v) is 6.07. The van der Waals surface area contributed by atoms with Gasteiger partial charge in [-0.25, -0.2) is 0 Å². The highest BCUT2D eigenvalue weighted by Crippen LogP contribution is 2.41. The fraction of sp³-hybridized carbons (Fsp3) is 0.0476. The number of carbonyl (C=O) groups excluding carboxylic acids is 1. The van der Waals surface area contributed by atoms with E-state index in [-0.39, 0.29) is 22.8 Å². The monoisotopic (exact) mass is 411 g/mol. The second kappa shape index (κ2) is 6.82. The number of thiophene rings is 1. The summed E-state index contributed by atoms with van der Waals surface area (Å²) in [5.74, 6) is -0.345. The number of phenolic OH excluding ortho intramolecular Hbond substituents is 1. The molecule has 0 aliphatic rings. The molecule has 0 radical (unpaired) electrons. The van der Waals surface area contributed by atoms with Gasteiger partial charge in [0.25, 0.3) is 5.56 Å². The largest absolute Gasteiger partial charge is 0.508 e. The summed E-state index contributed by atoms with van der Waals surface area (Å²) in [6.07, 6.45) is 0. The van der Waals surface area contributed by atoms with Gasteiger partial charge in [0.1, 0.15) is 16.3 Å². The molecule has 5 nitrogen and oxygen atoms in total. The van der Waals surface area contributed by atoms with Crippen LogP contribution in [0.5, 0.6) is 11.5 Å². The number of fused-ring (bicyclic) bond motifs is 1. The molecule has 0 spiro atoms. The van der Waals surface area contributed by atoms with Crippen molar-refractivity contribution in [1.82, 2.24) is 4.98 Å². The van der Waals surface area contributed by atoms with Gasteiger partial charge in [0.2, 0.25) is 0 Å². The van der Waals surface area contributed by atoms with Crippen molar-refractivity contribution < 1.29 is 15.0 Å². The molecule has 7 heteroatoms. The Balaban J connectivity index is 1.86. The van der Waals surface area contributed by atoms with E-state index in [4.69, 9.17) is 11.6 Å². The van der Waals surface area contributed by atoms with Gasteiger partial charge in [0.05, 0.1) is 15.3 Å². The number of phenols is 1. The Bertz CT molecular complexity index is 1290. The third-order valence-electron chi connectivity index (χ3n) is 4.56. The fourth-order valence-corrected chi connectivity index (χ4v) is 4.38. The highest BCUT2D eigenvalue weighted by atomic mass is 35.5. The van der Waals surface area contributed by atoms with Crippen molar-refractivity contribution >= 4 is 38.9 Å². The summed E-state index contributed by atoms with van der Waals surface area (Å²) < 4.78 is 0.495. The van der Waals surface area contributed by atoms with E-state index in [1.165, 1.54) is 35.6 Å². The summed E-state index contributed by atoms with van der Waals surface area (Å²) in [7, 11) is 0. The van der Waals surface area contributed by atoms with E-state index >= 15 is 0 Å². The summed E-state index contributed by atoms with van der Waals surface area (Å²) in [5, 5.41) is 20.7. The number of carbonyl (C=O) groups is 1. The van der Waals surface area contributed by atoms with Crippen molar-refractivity contribution in [3.05, 3.63) is 79.9 Å².